The monoisotopic (exact) mass is 452 g/mol. The van der Waals surface area contributed by atoms with E-state index in [9.17, 15) is 0 Å². The lowest BCUT2D eigenvalue weighted by atomic mass is 9.92. The summed E-state index contributed by atoms with van der Waals surface area (Å²) < 4.78 is 0. The maximum atomic E-state index is 5.56. The molecule has 0 bridgehead atoms. The smallest absolute Gasteiger partial charge is 0.232 e. The number of benzene rings is 1. The quantitative estimate of drug-likeness (QED) is 0.631. The predicted molar refractivity (Wildman–Crippen MR) is 137 cm³/mol. The normalized spacial score (nSPS) is 21.7. The number of nitrogens with zero attached hydrogens (tertiary/aromatic N) is 4. The van der Waals surface area contributed by atoms with Crippen LogP contribution in [0.3, 0.4) is 0 Å². The first-order chi connectivity index (χ1) is 15.6. The number of rotatable bonds is 5. The molecule has 2 atom stereocenters. The Balaban J connectivity index is 1.53. The van der Waals surface area contributed by atoms with Crippen LogP contribution in [0.4, 0.5) is 17.6 Å². The van der Waals surface area contributed by atoms with Crippen molar-refractivity contribution in [3.05, 3.63) is 42.0 Å². The number of piperidine rings is 1. The highest BCUT2D eigenvalue weighted by atomic mass is 32.1. The van der Waals surface area contributed by atoms with Crippen LogP contribution < -0.4 is 20.4 Å². The Hall–Kier alpha value is -2.41. The number of thiocarbonyl (C=S) groups is 1. The average molecular weight is 453 g/mol. The van der Waals surface area contributed by atoms with E-state index in [1.54, 1.807) is 0 Å². The molecule has 2 N–H and O–H groups in total. The van der Waals surface area contributed by atoms with Crippen LogP contribution >= 0.6 is 12.2 Å². The van der Waals surface area contributed by atoms with Crippen molar-refractivity contribution in [1.82, 2.24) is 15.3 Å². The molecule has 172 valence electrons. The fourth-order valence-corrected chi connectivity index (χ4v) is 5.04. The van der Waals surface area contributed by atoms with Gasteiger partial charge in [-0.1, -0.05) is 57.0 Å². The van der Waals surface area contributed by atoms with Gasteiger partial charge >= 0.3 is 0 Å². The van der Waals surface area contributed by atoms with Crippen molar-refractivity contribution in [2.24, 2.45) is 11.8 Å². The van der Waals surface area contributed by atoms with E-state index in [-0.39, 0.29) is 0 Å². The zero-order valence-corrected chi connectivity index (χ0v) is 20.2. The van der Waals surface area contributed by atoms with Gasteiger partial charge in [-0.15, -0.1) is 0 Å². The van der Waals surface area contributed by atoms with Gasteiger partial charge in [0.05, 0.1) is 0 Å². The van der Waals surface area contributed by atoms with Crippen molar-refractivity contribution in [3.8, 4) is 0 Å². The Morgan fingerprint density at radius 3 is 2.22 bits per heavy atom. The molecule has 3 heterocycles. The second-order valence-corrected chi connectivity index (χ2v) is 9.86. The SMILES string of the molecule is C[C@@H]1C[C@@H](C)CN(c2cc(N3CCCCCC3)nc(NC(=S)NCc3ccccc3)n2)C1. The summed E-state index contributed by atoms with van der Waals surface area (Å²) in [5.74, 6) is 3.93. The molecule has 1 aromatic heterocycles. The van der Waals surface area contributed by atoms with Gasteiger partial charge in [0.15, 0.2) is 5.11 Å². The number of aromatic nitrogens is 2. The van der Waals surface area contributed by atoms with Crippen molar-refractivity contribution in [3.63, 3.8) is 0 Å². The maximum absolute atomic E-state index is 5.56. The molecular weight excluding hydrogens is 416 g/mol. The van der Waals surface area contributed by atoms with E-state index < -0.39 is 0 Å². The van der Waals surface area contributed by atoms with Gasteiger partial charge in [-0.2, -0.15) is 9.97 Å². The molecule has 0 saturated carbocycles. The molecule has 0 amide bonds. The molecule has 2 aromatic rings. The highest BCUT2D eigenvalue weighted by Gasteiger charge is 2.24. The van der Waals surface area contributed by atoms with Gasteiger partial charge in [0.2, 0.25) is 5.95 Å². The fourth-order valence-electron chi connectivity index (χ4n) is 4.88. The van der Waals surface area contributed by atoms with Crippen LogP contribution in [0.1, 0.15) is 51.5 Å². The van der Waals surface area contributed by atoms with E-state index in [1.807, 2.05) is 18.2 Å². The highest BCUT2D eigenvalue weighted by molar-refractivity contribution is 7.80. The minimum atomic E-state index is 0.549. The summed E-state index contributed by atoms with van der Waals surface area (Å²) in [6.07, 6.45) is 6.31. The highest BCUT2D eigenvalue weighted by Crippen LogP contribution is 2.29. The molecule has 2 saturated heterocycles. The topological polar surface area (TPSA) is 56.3 Å². The van der Waals surface area contributed by atoms with Crippen molar-refractivity contribution in [1.29, 1.82) is 0 Å². The zero-order valence-electron chi connectivity index (χ0n) is 19.4. The molecule has 0 unspecified atom stereocenters. The van der Waals surface area contributed by atoms with Crippen LogP contribution in [0, 0.1) is 11.8 Å². The summed E-state index contributed by atoms with van der Waals surface area (Å²) >= 11 is 5.56. The van der Waals surface area contributed by atoms with Crippen molar-refractivity contribution in [2.75, 3.05) is 41.3 Å². The summed E-state index contributed by atoms with van der Waals surface area (Å²) in [7, 11) is 0. The first kappa shape index (κ1) is 22.8. The minimum Gasteiger partial charge on any atom is -0.358 e. The van der Waals surface area contributed by atoms with E-state index >= 15 is 0 Å². The third-order valence-electron chi connectivity index (χ3n) is 6.34. The second-order valence-electron chi connectivity index (χ2n) is 9.45. The predicted octanol–water partition coefficient (Wildman–Crippen LogP) is 4.83. The lowest BCUT2D eigenvalue weighted by Crippen LogP contribution is -2.39. The van der Waals surface area contributed by atoms with Crippen molar-refractivity contribution in [2.45, 2.75) is 52.5 Å². The molecule has 4 rings (SSSR count). The Morgan fingerprint density at radius 2 is 1.56 bits per heavy atom. The van der Waals surface area contributed by atoms with Crippen LogP contribution in [-0.2, 0) is 6.54 Å². The largest absolute Gasteiger partial charge is 0.358 e. The number of anilines is 3. The standard InChI is InChI=1S/C25H36N6S/c1-19-14-20(2)18-31(17-19)23-15-22(30-12-8-3-4-9-13-30)27-24(28-23)29-25(32)26-16-21-10-6-5-7-11-21/h5-7,10-11,15,19-20H,3-4,8-9,12-14,16-18H2,1-2H3,(H2,26,27,28,29,32)/t19-,20-/m1/s1. The molecule has 7 heteroatoms. The number of nitrogens with one attached hydrogen (secondary N) is 2. The van der Waals surface area contributed by atoms with Crippen LogP contribution in [0.15, 0.2) is 36.4 Å². The third-order valence-corrected chi connectivity index (χ3v) is 6.59. The van der Waals surface area contributed by atoms with E-state index in [0.29, 0.717) is 29.4 Å². The molecule has 0 aliphatic carbocycles. The van der Waals surface area contributed by atoms with Gasteiger partial charge in [-0.25, -0.2) is 0 Å². The van der Waals surface area contributed by atoms with E-state index in [1.165, 1.54) is 37.7 Å². The Morgan fingerprint density at radius 1 is 0.938 bits per heavy atom. The lowest BCUT2D eigenvalue weighted by Gasteiger charge is -2.36. The fraction of sp³-hybridized carbons (Fsp3) is 0.560. The summed E-state index contributed by atoms with van der Waals surface area (Å²) in [5, 5.41) is 7.09. The molecule has 6 nitrogen and oxygen atoms in total. The van der Waals surface area contributed by atoms with Crippen LogP contribution in [-0.4, -0.2) is 41.3 Å². The van der Waals surface area contributed by atoms with Gasteiger partial charge in [0.1, 0.15) is 11.6 Å². The van der Waals surface area contributed by atoms with Gasteiger partial charge in [0.25, 0.3) is 0 Å². The van der Waals surface area contributed by atoms with Gasteiger partial charge in [-0.05, 0) is 48.9 Å². The summed E-state index contributed by atoms with van der Waals surface area (Å²) in [6, 6.07) is 12.4. The van der Waals surface area contributed by atoms with E-state index in [2.05, 4.69) is 52.5 Å². The van der Waals surface area contributed by atoms with Gasteiger partial charge < -0.3 is 20.4 Å². The number of hydrogen-bond donors (Lipinski definition) is 2. The van der Waals surface area contributed by atoms with Gasteiger partial charge in [0, 0.05) is 38.8 Å². The molecule has 0 spiro atoms. The lowest BCUT2D eigenvalue weighted by molar-refractivity contribution is 0.355. The zero-order chi connectivity index (χ0) is 22.3. The molecule has 1 aromatic carbocycles. The van der Waals surface area contributed by atoms with Crippen LogP contribution in [0.2, 0.25) is 0 Å². The number of hydrogen-bond acceptors (Lipinski definition) is 5. The molecule has 2 aliphatic rings. The molecule has 0 radical (unpaired) electrons. The molecule has 2 fully saturated rings. The first-order valence-corrected chi connectivity index (χ1v) is 12.5. The van der Waals surface area contributed by atoms with E-state index in [4.69, 9.17) is 22.2 Å². The molecule has 2 aliphatic heterocycles. The van der Waals surface area contributed by atoms with Crippen LogP contribution in [0.5, 0.6) is 0 Å². The summed E-state index contributed by atoms with van der Waals surface area (Å²) in [4.78, 5) is 14.6. The first-order valence-electron chi connectivity index (χ1n) is 12.0. The Kier molecular flexibility index (Phi) is 7.79. The van der Waals surface area contributed by atoms with Crippen molar-refractivity contribution < 1.29 is 0 Å². The van der Waals surface area contributed by atoms with E-state index in [0.717, 1.165) is 37.8 Å². The maximum Gasteiger partial charge on any atom is 0.232 e. The third kappa shape index (κ3) is 6.31. The second kappa shape index (κ2) is 10.9. The minimum absolute atomic E-state index is 0.549. The Labute approximate surface area is 197 Å². The van der Waals surface area contributed by atoms with Crippen molar-refractivity contribution >= 4 is 34.9 Å². The van der Waals surface area contributed by atoms with Crippen LogP contribution in [0.25, 0.3) is 0 Å². The van der Waals surface area contributed by atoms with Gasteiger partial charge in [-0.3, -0.25) is 0 Å². The summed E-state index contributed by atoms with van der Waals surface area (Å²) in [6.45, 7) is 9.53. The Bertz CT molecular complexity index is 871. The summed E-state index contributed by atoms with van der Waals surface area (Å²) in [5.41, 5.74) is 1.19. The average Bonchev–Trinajstić information content (AvgIpc) is 3.07. The molecular formula is C25H36N6S. The molecule has 32 heavy (non-hydrogen) atoms.